The molecule has 0 bridgehead atoms. The molecule has 1 aromatic heterocycles. The normalized spacial score (nSPS) is 17.1. The third-order valence-electron chi connectivity index (χ3n) is 2.81. The number of nitrogens with zero attached hydrogens (tertiary/aromatic N) is 2. The largest absolute Gasteiger partial charge is 0.299 e. The minimum atomic E-state index is -0.284. The van der Waals surface area contributed by atoms with Crippen molar-refractivity contribution >= 4 is 11.6 Å². The van der Waals surface area contributed by atoms with Crippen molar-refractivity contribution in [1.29, 1.82) is 0 Å². The molecule has 15 heavy (non-hydrogen) atoms. The van der Waals surface area contributed by atoms with Crippen LogP contribution in [-0.2, 0) is 4.79 Å². The summed E-state index contributed by atoms with van der Waals surface area (Å²) in [6.07, 6.45) is 4.73. The van der Waals surface area contributed by atoms with Crippen molar-refractivity contribution in [2.75, 3.05) is 0 Å². The quantitative estimate of drug-likeness (QED) is 0.549. The second-order valence-electron chi connectivity index (χ2n) is 4.16. The lowest BCUT2D eigenvalue weighted by molar-refractivity contribution is -0.122. The molecule has 1 aromatic rings. The fourth-order valence-corrected chi connectivity index (χ4v) is 1.35. The van der Waals surface area contributed by atoms with E-state index in [4.69, 9.17) is 0 Å². The Morgan fingerprint density at radius 1 is 1.33 bits per heavy atom. The van der Waals surface area contributed by atoms with Gasteiger partial charge < -0.3 is 0 Å². The molecule has 0 unspecified atom stereocenters. The molecule has 1 aliphatic rings. The van der Waals surface area contributed by atoms with Crippen LogP contribution in [0.3, 0.4) is 0 Å². The van der Waals surface area contributed by atoms with Crippen molar-refractivity contribution in [3.63, 3.8) is 0 Å². The first kappa shape index (κ1) is 9.96. The molecule has 4 heteroatoms. The van der Waals surface area contributed by atoms with E-state index in [1.807, 2.05) is 6.92 Å². The van der Waals surface area contributed by atoms with Crippen LogP contribution in [0.1, 0.15) is 36.8 Å². The van der Waals surface area contributed by atoms with Gasteiger partial charge >= 0.3 is 0 Å². The molecule has 0 amide bonds. The standard InChI is InChI=1S/C11H12N2O2/c1-11(3-4-11)9(15)7-8(14)10-12-5-2-6-13-10/h2,5-6H,3-4,7H2,1H3. The number of carbonyl (C=O) groups is 2. The van der Waals surface area contributed by atoms with E-state index >= 15 is 0 Å². The summed E-state index contributed by atoms with van der Waals surface area (Å²) >= 11 is 0. The van der Waals surface area contributed by atoms with Gasteiger partial charge in [0.05, 0.1) is 6.42 Å². The monoisotopic (exact) mass is 204 g/mol. The zero-order valence-electron chi connectivity index (χ0n) is 8.56. The van der Waals surface area contributed by atoms with Gasteiger partial charge in [0.1, 0.15) is 5.78 Å². The van der Waals surface area contributed by atoms with E-state index in [2.05, 4.69) is 9.97 Å². The molecule has 0 radical (unpaired) electrons. The van der Waals surface area contributed by atoms with Crippen LogP contribution in [0.5, 0.6) is 0 Å². The molecule has 1 saturated carbocycles. The lowest BCUT2D eigenvalue weighted by Crippen LogP contribution is -2.18. The average molecular weight is 204 g/mol. The topological polar surface area (TPSA) is 59.9 Å². The summed E-state index contributed by atoms with van der Waals surface area (Å²) in [6.45, 7) is 1.90. The molecule has 1 fully saturated rings. The second kappa shape index (κ2) is 3.53. The maximum atomic E-state index is 11.6. The van der Waals surface area contributed by atoms with E-state index in [1.165, 1.54) is 12.4 Å². The zero-order valence-corrected chi connectivity index (χ0v) is 8.56. The van der Waals surface area contributed by atoms with Crippen molar-refractivity contribution in [3.05, 3.63) is 24.3 Å². The highest BCUT2D eigenvalue weighted by Gasteiger charge is 2.44. The lowest BCUT2D eigenvalue weighted by atomic mass is 9.99. The van der Waals surface area contributed by atoms with Crippen molar-refractivity contribution < 1.29 is 9.59 Å². The van der Waals surface area contributed by atoms with Crippen molar-refractivity contribution in [3.8, 4) is 0 Å². The predicted molar refractivity (Wildman–Crippen MR) is 53.3 cm³/mol. The first-order chi connectivity index (χ1) is 7.12. The molecule has 2 rings (SSSR count). The predicted octanol–water partition coefficient (Wildman–Crippen LogP) is 1.42. The smallest absolute Gasteiger partial charge is 0.207 e. The molecular formula is C11H12N2O2. The Bertz CT molecular complexity index is 396. The number of carbonyl (C=O) groups excluding carboxylic acids is 2. The second-order valence-corrected chi connectivity index (χ2v) is 4.16. The summed E-state index contributed by atoms with van der Waals surface area (Å²) < 4.78 is 0. The molecule has 0 spiro atoms. The average Bonchev–Trinajstić information content (AvgIpc) is 2.99. The Balaban J connectivity index is 2.02. The Kier molecular flexibility index (Phi) is 2.34. The fraction of sp³-hybridized carbons (Fsp3) is 0.455. The molecular weight excluding hydrogens is 192 g/mol. The van der Waals surface area contributed by atoms with Gasteiger partial charge in [-0.3, -0.25) is 9.59 Å². The van der Waals surface area contributed by atoms with Crippen LogP contribution >= 0.6 is 0 Å². The highest BCUT2D eigenvalue weighted by molar-refractivity contribution is 6.08. The van der Waals surface area contributed by atoms with Crippen molar-refractivity contribution in [2.24, 2.45) is 5.41 Å². The van der Waals surface area contributed by atoms with Gasteiger partial charge in [-0.25, -0.2) is 9.97 Å². The number of aromatic nitrogens is 2. The van der Waals surface area contributed by atoms with E-state index < -0.39 is 0 Å². The third-order valence-corrected chi connectivity index (χ3v) is 2.81. The van der Waals surface area contributed by atoms with E-state index in [-0.39, 0.29) is 29.2 Å². The van der Waals surface area contributed by atoms with E-state index in [0.717, 1.165) is 12.8 Å². The molecule has 0 saturated heterocycles. The molecule has 0 atom stereocenters. The van der Waals surface area contributed by atoms with E-state index in [9.17, 15) is 9.59 Å². The molecule has 0 aromatic carbocycles. The Morgan fingerprint density at radius 2 is 1.93 bits per heavy atom. The van der Waals surface area contributed by atoms with Crippen LogP contribution in [0.2, 0.25) is 0 Å². The summed E-state index contributed by atoms with van der Waals surface area (Å²) in [6, 6.07) is 1.64. The zero-order chi connectivity index (χ0) is 10.9. The summed E-state index contributed by atoms with van der Waals surface area (Å²) in [5, 5.41) is 0. The maximum Gasteiger partial charge on any atom is 0.207 e. The fourth-order valence-electron chi connectivity index (χ4n) is 1.35. The molecule has 0 N–H and O–H groups in total. The van der Waals surface area contributed by atoms with E-state index in [0.29, 0.717) is 0 Å². The van der Waals surface area contributed by atoms with Crippen LogP contribution in [0.4, 0.5) is 0 Å². The summed E-state index contributed by atoms with van der Waals surface area (Å²) in [5.41, 5.74) is -0.246. The lowest BCUT2D eigenvalue weighted by Gasteiger charge is -2.04. The summed E-state index contributed by atoms with van der Waals surface area (Å²) in [7, 11) is 0. The first-order valence-corrected chi connectivity index (χ1v) is 4.95. The minimum absolute atomic E-state index is 0.0138. The van der Waals surface area contributed by atoms with Gasteiger partial charge in [-0.2, -0.15) is 0 Å². The highest BCUT2D eigenvalue weighted by atomic mass is 16.2. The van der Waals surface area contributed by atoms with Crippen molar-refractivity contribution in [1.82, 2.24) is 9.97 Å². The Hall–Kier alpha value is -1.58. The SMILES string of the molecule is CC1(C(=O)CC(=O)c2ncccn2)CC1. The number of rotatable bonds is 4. The van der Waals surface area contributed by atoms with Gasteiger partial charge in [-0.05, 0) is 18.9 Å². The molecule has 1 aliphatic carbocycles. The van der Waals surface area contributed by atoms with Crippen LogP contribution < -0.4 is 0 Å². The summed E-state index contributed by atoms with van der Waals surface area (Å²) in [4.78, 5) is 30.9. The van der Waals surface area contributed by atoms with Crippen LogP contribution in [0.25, 0.3) is 0 Å². The van der Waals surface area contributed by atoms with Gasteiger partial charge in [0.15, 0.2) is 5.82 Å². The van der Waals surface area contributed by atoms with Gasteiger partial charge in [-0.1, -0.05) is 6.92 Å². The molecule has 0 aliphatic heterocycles. The highest BCUT2D eigenvalue weighted by Crippen LogP contribution is 2.46. The molecule has 78 valence electrons. The minimum Gasteiger partial charge on any atom is -0.299 e. The summed E-state index contributed by atoms with van der Waals surface area (Å²) in [5.74, 6) is -0.135. The van der Waals surface area contributed by atoms with Gasteiger partial charge in [-0.15, -0.1) is 0 Å². The van der Waals surface area contributed by atoms with Gasteiger partial charge in [0, 0.05) is 17.8 Å². The third kappa shape index (κ3) is 2.09. The number of Topliss-reactive ketones (excluding diaryl/α,β-unsaturated/α-hetero) is 2. The van der Waals surface area contributed by atoms with Gasteiger partial charge in [0.25, 0.3) is 0 Å². The van der Waals surface area contributed by atoms with Gasteiger partial charge in [0.2, 0.25) is 5.78 Å². The Morgan fingerprint density at radius 3 is 2.47 bits per heavy atom. The maximum absolute atomic E-state index is 11.6. The van der Waals surface area contributed by atoms with Crippen LogP contribution in [0.15, 0.2) is 18.5 Å². The molecule has 4 nitrogen and oxygen atoms in total. The number of ketones is 2. The van der Waals surface area contributed by atoms with E-state index in [1.54, 1.807) is 6.07 Å². The van der Waals surface area contributed by atoms with Crippen LogP contribution in [0, 0.1) is 5.41 Å². The van der Waals surface area contributed by atoms with Crippen molar-refractivity contribution in [2.45, 2.75) is 26.2 Å². The number of hydrogen-bond acceptors (Lipinski definition) is 4. The van der Waals surface area contributed by atoms with Crippen LogP contribution in [-0.4, -0.2) is 21.5 Å². The first-order valence-electron chi connectivity index (χ1n) is 4.95. The molecule has 1 heterocycles. The number of hydrogen-bond donors (Lipinski definition) is 0. The Labute approximate surface area is 87.7 Å².